The van der Waals surface area contributed by atoms with Crippen LogP contribution in [-0.4, -0.2) is 22.6 Å². The fourth-order valence-electron chi connectivity index (χ4n) is 2.16. The number of ether oxygens (including phenoxy) is 1. The Hall–Kier alpha value is -0.970. The monoisotopic (exact) mass is 285 g/mol. The van der Waals surface area contributed by atoms with Crippen molar-refractivity contribution in [1.82, 2.24) is 0 Å². The average molecular weight is 285 g/mol. The summed E-state index contributed by atoms with van der Waals surface area (Å²) in [6.07, 6.45) is 7.89. The Morgan fingerprint density at radius 3 is 2.79 bits per heavy atom. The van der Waals surface area contributed by atoms with E-state index in [1.165, 1.54) is 11.8 Å². The molecule has 2 unspecified atom stereocenters. The highest BCUT2D eigenvalue weighted by Gasteiger charge is 2.25. The predicted molar refractivity (Wildman–Crippen MR) is 77.9 cm³/mol. The van der Waals surface area contributed by atoms with Gasteiger partial charge in [-0.25, -0.2) is 4.79 Å². The lowest BCUT2D eigenvalue weighted by Crippen LogP contribution is -2.29. The van der Waals surface area contributed by atoms with Crippen LogP contribution in [0.2, 0.25) is 0 Å². The first kappa shape index (κ1) is 16.1. The summed E-state index contributed by atoms with van der Waals surface area (Å²) < 4.78 is 5.48. The van der Waals surface area contributed by atoms with Gasteiger partial charge in [-0.1, -0.05) is 26.3 Å². The van der Waals surface area contributed by atoms with Crippen molar-refractivity contribution >= 4 is 23.0 Å². The molecular formula is C14H23NO3S. The smallest absolute Gasteiger partial charge is 0.368 e. The van der Waals surface area contributed by atoms with Crippen molar-refractivity contribution in [2.45, 2.75) is 57.3 Å². The van der Waals surface area contributed by atoms with Gasteiger partial charge in [-0.05, 0) is 37.1 Å². The molecule has 0 aromatic carbocycles. The molecule has 0 heterocycles. The summed E-state index contributed by atoms with van der Waals surface area (Å²) in [6, 6.07) is 0. The molecule has 19 heavy (non-hydrogen) atoms. The zero-order valence-corrected chi connectivity index (χ0v) is 12.4. The largest absolute Gasteiger partial charge is 0.450 e. The fraction of sp³-hybridized carbons (Fsp3) is 0.714. The highest BCUT2D eigenvalue weighted by molar-refractivity contribution is 8.13. The Balaban J connectivity index is 2.67. The van der Waals surface area contributed by atoms with Crippen LogP contribution in [0.25, 0.3) is 0 Å². The lowest BCUT2D eigenvalue weighted by atomic mass is 9.89. The molecule has 2 N–H and O–H groups in total. The van der Waals surface area contributed by atoms with Gasteiger partial charge in [0.25, 0.3) is 0 Å². The normalized spacial score (nSPS) is 23.7. The number of hydrogen-bond acceptors (Lipinski definition) is 4. The maximum absolute atomic E-state index is 11.7. The standard InChI is InChI=1S/C14H23NO3S/c1-10(2)19-14(17)18-12-8-6-4-3-5-7-11(12)9-13(15)16/h6,8,10-12H,3-5,7,9H2,1-2H3,(H2,15,16). The number of allylic oxidation sites excluding steroid dienone is 1. The summed E-state index contributed by atoms with van der Waals surface area (Å²) >= 11 is 1.17. The Morgan fingerprint density at radius 2 is 2.16 bits per heavy atom. The maximum atomic E-state index is 11.7. The molecule has 0 aromatic heterocycles. The van der Waals surface area contributed by atoms with Crippen molar-refractivity contribution in [3.63, 3.8) is 0 Å². The maximum Gasteiger partial charge on any atom is 0.368 e. The van der Waals surface area contributed by atoms with Crippen LogP contribution in [0.1, 0.15) is 46.0 Å². The summed E-state index contributed by atoms with van der Waals surface area (Å²) in [5, 5.41) is -0.0840. The van der Waals surface area contributed by atoms with E-state index in [9.17, 15) is 9.59 Å². The molecule has 0 radical (unpaired) electrons. The number of primary amides is 1. The predicted octanol–water partition coefficient (Wildman–Crippen LogP) is 3.26. The van der Waals surface area contributed by atoms with Crippen LogP contribution in [0.3, 0.4) is 0 Å². The van der Waals surface area contributed by atoms with E-state index in [-0.39, 0.29) is 34.9 Å². The number of hydrogen-bond donors (Lipinski definition) is 1. The SMILES string of the molecule is CC(C)SC(=O)OC1C=CCCCCC1CC(N)=O. The van der Waals surface area contributed by atoms with Crippen molar-refractivity contribution < 1.29 is 14.3 Å². The summed E-state index contributed by atoms with van der Waals surface area (Å²) in [7, 11) is 0. The highest BCUT2D eigenvalue weighted by atomic mass is 32.2. The van der Waals surface area contributed by atoms with Gasteiger partial charge < -0.3 is 10.5 Å². The molecule has 0 aromatic rings. The minimum Gasteiger partial charge on any atom is -0.450 e. The number of rotatable bonds is 4. The van der Waals surface area contributed by atoms with Crippen LogP contribution in [0.15, 0.2) is 12.2 Å². The Morgan fingerprint density at radius 1 is 1.42 bits per heavy atom. The minimum atomic E-state index is -0.337. The Kier molecular flexibility index (Phi) is 6.99. The van der Waals surface area contributed by atoms with E-state index < -0.39 is 0 Å². The van der Waals surface area contributed by atoms with Crippen molar-refractivity contribution in [3.05, 3.63) is 12.2 Å². The molecule has 0 fully saturated rings. The van der Waals surface area contributed by atoms with Gasteiger partial charge in [-0.3, -0.25) is 4.79 Å². The first-order chi connectivity index (χ1) is 8.99. The number of carbonyl (C=O) groups excluding carboxylic acids is 2. The van der Waals surface area contributed by atoms with Crippen molar-refractivity contribution in [3.8, 4) is 0 Å². The number of nitrogens with two attached hydrogens (primary N) is 1. The molecule has 4 nitrogen and oxygen atoms in total. The van der Waals surface area contributed by atoms with Gasteiger partial charge in [0.05, 0.1) is 0 Å². The first-order valence-corrected chi connectivity index (χ1v) is 7.69. The van der Waals surface area contributed by atoms with Gasteiger partial charge in [0.1, 0.15) is 6.10 Å². The second-order valence-corrected chi connectivity index (χ2v) is 6.65. The van der Waals surface area contributed by atoms with E-state index in [0.717, 1.165) is 25.7 Å². The molecule has 108 valence electrons. The van der Waals surface area contributed by atoms with Gasteiger partial charge >= 0.3 is 5.30 Å². The topological polar surface area (TPSA) is 69.4 Å². The summed E-state index contributed by atoms with van der Waals surface area (Å²) in [4.78, 5) is 22.9. The van der Waals surface area contributed by atoms with Gasteiger partial charge in [-0.15, -0.1) is 0 Å². The number of amides is 1. The van der Waals surface area contributed by atoms with Crippen LogP contribution in [0, 0.1) is 5.92 Å². The average Bonchev–Trinajstić information content (AvgIpc) is 2.25. The zero-order chi connectivity index (χ0) is 14.3. The van der Waals surface area contributed by atoms with Gasteiger partial charge in [0.2, 0.25) is 5.91 Å². The van der Waals surface area contributed by atoms with Crippen molar-refractivity contribution in [1.29, 1.82) is 0 Å². The van der Waals surface area contributed by atoms with Crippen LogP contribution in [0.4, 0.5) is 4.79 Å². The molecule has 0 saturated carbocycles. The van der Waals surface area contributed by atoms with Gasteiger partial charge in [0.15, 0.2) is 0 Å². The molecule has 1 amide bonds. The molecule has 2 atom stereocenters. The first-order valence-electron chi connectivity index (χ1n) is 6.81. The fourth-order valence-corrected chi connectivity index (χ4v) is 2.72. The van der Waals surface area contributed by atoms with Crippen LogP contribution >= 0.6 is 11.8 Å². The quantitative estimate of drug-likeness (QED) is 0.636. The van der Waals surface area contributed by atoms with Crippen molar-refractivity contribution in [2.75, 3.05) is 0 Å². The van der Waals surface area contributed by atoms with E-state index in [0.29, 0.717) is 0 Å². The third-order valence-corrected chi connectivity index (χ3v) is 3.77. The molecule has 0 aliphatic heterocycles. The van der Waals surface area contributed by atoms with E-state index in [1.54, 1.807) is 0 Å². The lowest BCUT2D eigenvalue weighted by Gasteiger charge is -2.25. The summed E-state index contributed by atoms with van der Waals surface area (Å²) in [5.74, 6) is -0.331. The van der Waals surface area contributed by atoms with Gasteiger partial charge in [-0.2, -0.15) is 0 Å². The molecule has 1 aliphatic carbocycles. The Labute approximate surface area is 119 Å². The molecule has 0 spiro atoms. The molecule has 5 heteroatoms. The molecule has 0 saturated heterocycles. The summed E-state index contributed by atoms with van der Waals surface area (Å²) in [5.41, 5.74) is 5.28. The number of carbonyl (C=O) groups is 2. The molecular weight excluding hydrogens is 262 g/mol. The molecule has 1 rings (SSSR count). The third-order valence-electron chi connectivity index (χ3n) is 3.01. The van der Waals surface area contributed by atoms with E-state index >= 15 is 0 Å². The highest BCUT2D eigenvalue weighted by Crippen LogP contribution is 2.26. The van der Waals surface area contributed by atoms with Crippen LogP contribution in [-0.2, 0) is 9.53 Å². The zero-order valence-electron chi connectivity index (χ0n) is 11.6. The second kappa shape index (κ2) is 8.25. The Bertz CT molecular complexity index is 342. The molecule has 0 bridgehead atoms. The second-order valence-electron chi connectivity index (χ2n) is 5.14. The van der Waals surface area contributed by atoms with Crippen LogP contribution in [0.5, 0.6) is 0 Å². The third kappa shape index (κ3) is 6.66. The minimum absolute atomic E-state index is 0.00534. The van der Waals surface area contributed by atoms with E-state index in [4.69, 9.17) is 10.5 Å². The lowest BCUT2D eigenvalue weighted by molar-refractivity contribution is -0.119. The summed E-state index contributed by atoms with van der Waals surface area (Å²) in [6.45, 7) is 3.89. The van der Waals surface area contributed by atoms with E-state index in [2.05, 4.69) is 0 Å². The van der Waals surface area contributed by atoms with E-state index in [1.807, 2.05) is 26.0 Å². The number of thioether (sulfide) groups is 1. The molecule has 1 aliphatic rings. The van der Waals surface area contributed by atoms with Crippen molar-refractivity contribution in [2.24, 2.45) is 11.7 Å². The van der Waals surface area contributed by atoms with Gasteiger partial charge in [0, 0.05) is 17.6 Å². The van der Waals surface area contributed by atoms with Crippen LogP contribution < -0.4 is 5.73 Å².